The maximum Gasteiger partial charge on any atom is 0.132 e. The van der Waals surface area contributed by atoms with Crippen LogP contribution < -0.4 is 4.74 Å². The number of halogens is 1. The van der Waals surface area contributed by atoms with Gasteiger partial charge in [-0.2, -0.15) is 0 Å². The van der Waals surface area contributed by atoms with Gasteiger partial charge in [-0.05, 0) is 36.2 Å². The van der Waals surface area contributed by atoms with E-state index in [1.54, 1.807) is 12.5 Å². The standard InChI is InChI=1S/C17H15ClN2O/c1-12-3-2-4-15(16-9-19-11-20-16)17(12)21-10-13-5-7-14(18)8-6-13/h2-9,11H,10H2,1H3,(H,19,20). The number of aromatic amines is 1. The highest BCUT2D eigenvalue weighted by molar-refractivity contribution is 6.30. The quantitative estimate of drug-likeness (QED) is 0.763. The lowest BCUT2D eigenvalue weighted by molar-refractivity contribution is 0.305. The molecular formula is C17H15ClN2O. The highest BCUT2D eigenvalue weighted by Gasteiger charge is 2.10. The number of H-pyrrole nitrogens is 1. The summed E-state index contributed by atoms with van der Waals surface area (Å²) in [5.41, 5.74) is 4.14. The molecule has 0 unspecified atom stereocenters. The molecule has 0 spiro atoms. The molecule has 106 valence electrons. The van der Waals surface area contributed by atoms with E-state index in [0.29, 0.717) is 6.61 Å². The maximum absolute atomic E-state index is 6.03. The number of imidazole rings is 1. The molecule has 0 aliphatic rings. The summed E-state index contributed by atoms with van der Waals surface area (Å²) in [6.07, 6.45) is 3.46. The number of aryl methyl sites for hydroxylation is 1. The van der Waals surface area contributed by atoms with E-state index in [-0.39, 0.29) is 0 Å². The van der Waals surface area contributed by atoms with Gasteiger partial charge in [0.05, 0.1) is 18.2 Å². The van der Waals surface area contributed by atoms with E-state index in [1.807, 2.05) is 49.4 Å². The fourth-order valence-electron chi connectivity index (χ4n) is 2.20. The first-order valence-electron chi connectivity index (χ1n) is 6.69. The Labute approximate surface area is 128 Å². The molecule has 1 aromatic heterocycles. The average Bonchev–Trinajstić information content (AvgIpc) is 3.01. The Balaban J connectivity index is 1.86. The second-order valence-electron chi connectivity index (χ2n) is 4.83. The molecule has 1 N–H and O–H groups in total. The van der Waals surface area contributed by atoms with Gasteiger partial charge < -0.3 is 9.72 Å². The minimum absolute atomic E-state index is 0.503. The van der Waals surface area contributed by atoms with Crippen LogP contribution in [0.15, 0.2) is 55.0 Å². The average molecular weight is 299 g/mol. The summed E-state index contributed by atoms with van der Waals surface area (Å²) in [5, 5.41) is 0.729. The molecule has 4 heteroatoms. The lowest BCUT2D eigenvalue weighted by atomic mass is 10.1. The predicted octanol–water partition coefficient (Wildman–Crippen LogP) is 4.62. The molecule has 1 heterocycles. The Bertz CT molecular complexity index is 721. The number of para-hydroxylation sites is 1. The van der Waals surface area contributed by atoms with Gasteiger partial charge in [-0.15, -0.1) is 0 Å². The van der Waals surface area contributed by atoms with Gasteiger partial charge in [0.25, 0.3) is 0 Å². The summed E-state index contributed by atoms with van der Waals surface area (Å²) in [6, 6.07) is 13.8. The first kappa shape index (κ1) is 13.7. The molecular weight excluding hydrogens is 284 g/mol. The Hall–Kier alpha value is -2.26. The van der Waals surface area contributed by atoms with Crippen molar-refractivity contribution in [1.82, 2.24) is 9.97 Å². The van der Waals surface area contributed by atoms with Gasteiger partial charge in [-0.1, -0.05) is 35.9 Å². The predicted molar refractivity (Wildman–Crippen MR) is 84.5 cm³/mol. The minimum atomic E-state index is 0.503. The summed E-state index contributed by atoms with van der Waals surface area (Å²) in [6.45, 7) is 2.54. The van der Waals surface area contributed by atoms with Crippen LogP contribution in [0.3, 0.4) is 0 Å². The monoisotopic (exact) mass is 298 g/mol. The summed E-state index contributed by atoms with van der Waals surface area (Å²) in [7, 11) is 0. The molecule has 0 saturated heterocycles. The minimum Gasteiger partial charge on any atom is -0.488 e. The Kier molecular flexibility index (Phi) is 3.93. The van der Waals surface area contributed by atoms with Crippen molar-refractivity contribution >= 4 is 11.6 Å². The molecule has 3 aromatic rings. The molecule has 0 fully saturated rings. The highest BCUT2D eigenvalue weighted by atomic mass is 35.5. The smallest absolute Gasteiger partial charge is 0.132 e. The van der Waals surface area contributed by atoms with E-state index in [0.717, 1.165) is 33.2 Å². The lowest BCUT2D eigenvalue weighted by Crippen LogP contribution is -1.99. The van der Waals surface area contributed by atoms with Crippen molar-refractivity contribution in [2.24, 2.45) is 0 Å². The van der Waals surface area contributed by atoms with Crippen LogP contribution in [0.25, 0.3) is 11.3 Å². The Morgan fingerprint density at radius 1 is 1.14 bits per heavy atom. The van der Waals surface area contributed by atoms with E-state index in [4.69, 9.17) is 16.3 Å². The van der Waals surface area contributed by atoms with Crippen molar-refractivity contribution in [3.05, 3.63) is 71.1 Å². The van der Waals surface area contributed by atoms with Crippen molar-refractivity contribution in [2.75, 3.05) is 0 Å². The number of benzene rings is 2. The molecule has 0 aliphatic heterocycles. The summed E-state index contributed by atoms with van der Waals surface area (Å²) >= 11 is 5.89. The summed E-state index contributed by atoms with van der Waals surface area (Å²) in [5.74, 6) is 0.872. The third-order valence-corrected chi connectivity index (χ3v) is 3.55. The Morgan fingerprint density at radius 2 is 1.95 bits per heavy atom. The van der Waals surface area contributed by atoms with Gasteiger partial charge in [0.2, 0.25) is 0 Å². The van der Waals surface area contributed by atoms with Crippen molar-refractivity contribution in [1.29, 1.82) is 0 Å². The van der Waals surface area contributed by atoms with Gasteiger partial charge in [-0.25, -0.2) is 4.98 Å². The molecule has 21 heavy (non-hydrogen) atoms. The van der Waals surface area contributed by atoms with E-state index >= 15 is 0 Å². The zero-order valence-corrected chi connectivity index (χ0v) is 12.4. The SMILES string of the molecule is Cc1cccc(-c2cnc[nH]2)c1OCc1ccc(Cl)cc1. The highest BCUT2D eigenvalue weighted by Crippen LogP contribution is 2.32. The molecule has 2 aromatic carbocycles. The van der Waals surface area contributed by atoms with Crippen molar-refractivity contribution < 1.29 is 4.74 Å². The first-order valence-corrected chi connectivity index (χ1v) is 7.07. The van der Waals surface area contributed by atoms with Crippen LogP contribution >= 0.6 is 11.6 Å². The zero-order chi connectivity index (χ0) is 14.7. The molecule has 0 saturated carbocycles. The fourth-order valence-corrected chi connectivity index (χ4v) is 2.32. The largest absolute Gasteiger partial charge is 0.488 e. The second-order valence-corrected chi connectivity index (χ2v) is 5.27. The van der Waals surface area contributed by atoms with E-state index < -0.39 is 0 Å². The molecule has 0 bridgehead atoms. The second kappa shape index (κ2) is 6.02. The number of nitrogens with one attached hydrogen (secondary N) is 1. The topological polar surface area (TPSA) is 37.9 Å². The number of hydrogen-bond donors (Lipinski definition) is 1. The summed E-state index contributed by atoms with van der Waals surface area (Å²) in [4.78, 5) is 7.19. The number of nitrogens with zero attached hydrogens (tertiary/aromatic N) is 1. The fraction of sp³-hybridized carbons (Fsp3) is 0.118. The van der Waals surface area contributed by atoms with Gasteiger partial charge in [0, 0.05) is 10.6 Å². The van der Waals surface area contributed by atoms with E-state index in [9.17, 15) is 0 Å². The zero-order valence-electron chi connectivity index (χ0n) is 11.6. The van der Waals surface area contributed by atoms with Gasteiger partial charge in [0.15, 0.2) is 0 Å². The van der Waals surface area contributed by atoms with Gasteiger partial charge >= 0.3 is 0 Å². The molecule has 0 atom stereocenters. The number of ether oxygens (including phenoxy) is 1. The normalized spacial score (nSPS) is 10.6. The van der Waals surface area contributed by atoms with E-state index in [1.165, 1.54) is 0 Å². The molecule has 0 amide bonds. The van der Waals surface area contributed by atoms with E-state index in [2.05, 4.69) is 9.97 Å². The van der Waals surface area contributed by atoms with Crippen LogP contribution in [-0.2, 0) is 6.61 Å². The van der Waals surface area contributed by atoms with Gasteiger partial charge in [-0.3, -0.25) is 0 Å². The lowest BCUT2D eigenvalue weighted by Gasteiger charge is -2.13. The molecule has 0 radical (unpaired) electrons. The Morgan fingerprint density at radius 3 is 2.67 bits per heavy atom. The number of rotatable bonds is 4. The van der Waals surface area contributed by atoms with Crippen molar-refractivity contribution in [2.45, 2.75) is 13.5 Å². The van der Waals surface area contributed by atoms with Crippen LogP contribution in [0.2, 0.25) is 5.02 Å². The van der Waals surface area contributed by atoms with Crippen LogP contribution in [0.1, 0.15) is 11.1 Å². The molecule has 3 nitrogen and oxygen atoms in total. The third kappa shape index (κ3) is 3.09. The molecule has 3 rings (SSSR count). The van der Waals surface area contributed by atoms with Gasteiger partial charge in [0.1, 0.15) is 12.4 Å². The van der Waals surface area contributed by atoms with Crippen molar-refractivity contribution in [3.8, 4) is 17.0 Å². The van der Waals surface area contributed by atoms with Crippen LogP contribution in [0.4, 0.5) is 0 Å². The number of aromatic nitrogens is 2. The summed E-state index contributed by atoms with van der Waals surface area (Å²) < 4.78 is 6.03. The molecule has 0 aliphatic carbocycles. The third-order valence-electron chi connectivity index (χ3n) is 3.30. The van der Waals surface area contributed by atoms with Crippen LogP contribution in [0, 0.1) is 6.92 Å². The maximum atomic E-state index is 6.03. The van der Waals surface area contributed by atoms with Crippen LogP contribution in [0.5, 0.6) is 5.75 Å². The van der Waals surface area contributed by atoms with Crippen LogP contribution in [-0.4, -0.2) is 9.97 Å². The first-order chi connectivity index (χ1) is 10.2. The number of hydrogen-bond acceptors (Lipinski definition) is 2. The van der Waals surface area contributed by atoms with Crippen molar-refractivity contribution in [3.63, 3.8) is 0 Å².